The molecule has 1 saturated heterocycles. The lowest BCUT2D eigenvalue weighted by atomic mass is 9.94. The highest BCUT2D eigenvalue weighted by Gasteiger charge is 2.18. The lowest BCUT2D eigenvalue weighted by Crippen LogP contribution is -2.33. The van der Waals surface area contributed by atoms with Gasteiger partial charge < -0.3 is 5.11 Å². The molecule has 3 heteroatoms. The van der Waals surface area contributed by atoms with Gasteiger partial charge in [-0.3, -0.25) is 4.90 Å². The SMILES string of the molecule is OCCC1CCN(Cc2cccc(F)c2)CC1. The third-order valence-corrected chi connectivity index (χ3v) is 3.54. The summed E-state index contributed by atoms with van der Waals surface area (Å²) in [7, 11) is 0. The Balaban J connectivity index is 1.82. The van der Waals surface area contributed by atoms with Crippen LogP contribution in [0.25, 0.3) is 0 Å². The maximum absolute atomic E-state index is 13.0. The quantitative estimate of drug-likeness (QED) is 0.869. The van der Waals surface area contributed by atoms with Crippen LogP contribution in [0.15, 0.2) is 24.3 Å². The second-order valence-electron chi connectivity index (χ2n) is 4.86. The lowest BCUT2D eigenvalue weighted by molar-refractivity contribution is 0.153. The molecule has 0 bridgehead atoms. The fourth-order valence-electron chi connectivity index (χ4n) is 2.51. The molecule has 0 aliphatic carbocycles. The minimum Gasteiger partial charge on any atom is -0.396 e. The molecule has 1 aromatic rings. The first kappa shape index (κ1) is 12.5. The van der Waals surface area contributed by atoms with Gasteiger partial charge in [-0.25, -0.2) is 4.39 Å². The molecule has 94 valence electrons. The lowest BCUT2D eigenvalue weighted by Gasteiger charge is -2.31. The van der Waals surface area contributed by atoms with Gasteiger partial charge in [-0.15, -0.1) is 0 Å². The van der Waals surface area contributed by atoms with Gasteiger partial charge in [0.05, 0.1) is 0 Å². The van der Waals surface area contributed by atoms with Gasteiger partial charge in [-0.2, -0.15) is 0 Å². The Morgan fingerprint density at radius 2 is 2.06 bits per heavy atom. The van der Waals surface area contributed by atoms with Crippen molar-refractivity contribution in [2.75, 3.05) is 19.7 Å². The number of likely N-dealkylation sites (tertiary alicyclic amines) is 1. The van der Waals surface area contributed by atoms with E-state index in [1.807, 2.05) is 6.07 Å². The van der Waals surface area contributed by atoms with E-state index in [0.717, 1.165) is 44.5 Å². The topological polar surface area (TPSA) is 23.5 Å². The monoisotopic (exact) mass is 237 g/mol. The van der Waals surface area contributed by atoms with Crippen LogP contribution >= 0.6 is 0 Å². The number of benzene rings is 1. The highest BCUT2D eigenvalue weighted by molar-refractivity contribution is 5.16. The predicted octanol–water partition coefficient (Wildman–Crippen LogP) is 2.42. The Morgan fingerprint density at radius 3 is 2.71 bits per heavy atom. The molecule has 0 amide bonds. The van der Waals surface area contributed by atoms with Gasteiger partial charge >= 0.3 is 0 Å². The second kappa shape index (κ2) is 6.12. The molecule has 0 saturated carbocycles. The first-order valence-electron chi connectivity index (χ1n) is 6.35. The summed E-state index contributed by atoms with van der Waals surface area (Å²) in [5.41, 5.74) is 1.05. The number of hydrogen-bond acceptors (Lipinski definition) is 2. The van der Waals surface area contributed by atoms with E-state index >= 15 is 0 Å². The van der Waals surface area contributed by atoms with Crippen molar-refractivity contribution in [3.63, 3.8) is 0 Å². The molecule has 0 unspecified atom stereocenters. The molecular formula is C14H20FNO. The summed E-state index contributed by atoms with van der Waals surface area (Å²) in [6.07, 6.45) is 3.22. The molecule has 2 rings (SSSR count). The van der Waals surface area contributed by atoms with Gasteiger partial charge in [-0.1, -0.05) is 12.1 Å². The number of aliphatic hydroxyl groups excluding tert-OH is 1. The molecule has 0 atom stereocenters. The van der Waals surface area contributed by atoms with Gasteiger partial charge in [0.1, 0.15) is 5.82 Å². The normalized spacial score (nSPS) is 18.5. The third-order valence-electron chi connectivity index (χ3n) is 3.54. The number of halogens is 1. The van der Waals surface area contributed by atoms with Crippen molar-refractivity contribution in [1.82, 2.24) is 4.90 Å². The smallest absolute Gasteiger partial charge is 0.123 e. The van der Waals surface area contributed by atoms with Crippen LogP contribution in [-0.4, -0.2) is 29.7 Å². The zero-order chi connectivity index (χ0) is 12.1. The largest absolute Gasteiger partial charge is 0.396 e. The maximum atomic E-state index is 13.0. The third kappa shape index (κ3) is 3.79. The molecule has 1 aliphatic rings. The first-order valence-corrected chi connectivity index (χ1v) is 6.35. The van der Waals surface area contributed by atoms with Gasteiger partial charge in [0.15, 0.2) is 0 Å². The zero-order valence-electron chi connectivity index (χ0n) is 10.1. The van der Waals surface area contributed by atoms with Crippen molar-refractivity contribution in [2.45, 2.75) is 25.8 Å². The fraction of sp³-hybridized carbons (Fsp3) is 0.571. The van der Waals surface area contributed by atoms with Gasteiger partial charge in [-0.05, 0) is 56.0 Å². The average Bonchev–Trinajstić information content (AvgIpc) is 2.32. The van der Waals surface area contributed by atoms with Gasteiger partial charge in [0.25, 0.3) is 0 Å². The molecule has 0 radical (unpaired) electrons. The molecule has 1 aromatic carbocycles. The van der Waals surface area contributed by atoms with Crippen molar-refractivity contribution < 1.29 is 9.50 Å². The molecule has 1 fully saturated rings. The predicted molar refractivity (Wildman–Crippen MR) is 66.1 cm³/mol. The zero-order valence-corrected chi connectivity index (χ0v) is 10.1. The van der Waals surface area contributed by atoms with Crippen LogP contribution in [0.3, 0.4) is 0 Å². The second-order valence-corrected chi connectivity index (χ2v) is 4.86. The molecule has 2 nitrogen and oxygen atoms in total. The summed E-state index contributed by atoms with van der Waals surface area (Å²) >= 11 is 0. The highest BCUT2D eigenvalue weighted by Crippen LogP contribution is 2.21. The van der Waals surface area contributed by atoms with Gasteiger partial charge in [0, 0.05) is 13.2 Å². The van der Waals surface area contributed by atoms with Crippen molar-refractivity contribution in [3.8, 4) is 0 Å². The van der Waals surface area contributed by atoms with E-state index in [2.05, 4.69) is 4.90 Å². The number of nitrogens with zero attached hydrogens (tertiary/aromatic N) is 1. The molecule has 0 spiro atoms. The number of rotatable bonds is 4. The molecule has 17 heavy (non-hydrogen) atoms. The Hall–Kier alpha value is -0.930. The van der Waals surface area contributed by atoms with Crippen LogP contribution in [0.1, 0.15) is 24.8 Å². The highest BCUT2D eigenvalue weighted by atomic mass is 19.1. The van der Waals surface area contributed by atoms with Crippen molar-refractivity contribution in [1.29, 1.82) is 0 Å². The summed E-state index contributed by atoms with van der Waals surface area (Å²) in [4.78, 5) is 2.36. The van der Waals surface area contributed by atoms with E-state index in [1.54, 1.807) is 12.1 Å². The van der Waals surface area contributed by atoms with Crippen LogP contribution in [0.2, 0.25) is 0 Å². The minimum absolute atomic E-state index is 0.155. The molecule has 1 N–H and O–H groups in total. The van der Waals surface area contributed by atoms with Crippen LogP contribution in [0.5, 0.6) is 0 Å². The molecule has 0 aromatic heterocycles. The number of piperidine rings is 1. The fourth-order valence-corrected chi connectivity index (χ4v) is 2.51. The van der Waals surface area contributed by atoms with Crippen molar-refractivity contribution >= 4 is 0 Å². The van der Waals surface area contributed by atoms with Crippen LogP contribution in [0.4, 0.5) is 4.39 Å². The molecular weight excluding hydrogens is 217 g/mol. The Labute approximate surface area is 102 Å². The van der Waals surface area contributed by atoms with Crippen molar-refractivity contribution in [2.24, 2.45) is 5.92 Å². The van der Waals surface area contributed by atoms with Crippen LogP contribution in [-0.2, 0) is 6.54 Å². The van der Waals surface area contributed by atoms with Gasteiger partial charge in [0.2, 0.25) is 0 Å². The Morgan fingerprint density at radius 1 is 1.29 bits per heavy atom. The van der Waals surface area contributed by atoms with Crippen molar-refractivity contribution in [3.05, 3.63) is 35.6 Å². The molecule has 1 heterocycles. The Kier molecular flexibility index (Phi) is 4.51. The Bertz CT molecular complexity index is 348. The first-order chi connectivity index (χ1) is 8.28. The van der Waals surface area contributed by atoms with E-state index in [1.165, 1.54) is 6.07 Å². The van der Waals surface area contributed by atoms with Crippen LogP contribution in [0, 0.1) is 11.7 Å². The van der Waals surface area contributed by atoms with E-state index in [0.29, 0.717) is 12.5 Å². The summed E-state index contributed by atoms with van der Waals surface area (Å²) in [6, 6.07) is 6.84. The average molecular weight is 237 g/mol. The standard InChI is InChI=1S/C14H20FNO/c15-14-3-1-2-13(10-14)11-16-7-4-12(5-8-16)6-9-17/h1-3,10,12,17H,4-9,11H2. The summed E-state index contributed by atoms with van der Waals surface area (Å²) in [5.74, 6) is 0.515. The van der Waals surface area contributed by atoms with E-state index in [9.17, 15) is 4.39 Å². The summed E-state index contributed by atoms with van der Waals surface area (Å²) in [5, 5.41) is 8.89. The number of hydrogen-bond donors (Lipinski definition) is 1. The van der Waals surface area contributed by atoms with E-state index in [-0.39, 0.29) is 5.82 Å². The maximum Gasteiger partial charge on any atom is 0.123 e. The van der Waals surface area contributed by atoms with E-state index < -0.39 is 0 Å². The number of aliphatic hydroxyl groups is 1. The summed E-state index contributed by atoms with van der Waals surface area (Å²) in [6.45, 7) is 3.25. The van der Waals surface area contributed by atoms with Crippen LogP contribution < -0.4 is 0 Å². The summed E-state index contributed by atoms with van der Waals surface area (Å²) < 4.78 is 13.0. The van der Waals surface area contributed by atoms with E-state index in [4.69, 9.17) is 5.11 Å². The molecule has 1 aliphatic heterocycles. The minimum atomic E-state index is -0.155.